The van der Waals surface area contributed by atoms with E-state index < -0.39 is 0 Å². The van der Waals surface area contributed by atoms with Gasteiger partial charge in [0.15, 0.2) is 5.78 Å². The van der Waals surface area contributed by atoms with Crippen LogP contribution >= 0.6 is 27.5 Å². The molecule has 5 heteroatoms. The van der Waals surface area contributed by atoms with Gasteiger partial charge in [-0.3, -0.25) is 4.79 Å². The number of aryl methyl sites for hydroxylation is 1. The van der Waals surface area contributed by atoms with Gasteiger partial charge >= 0.3 is 0 Å². The fourth-order valence-corrected chi connectivity index (χ4v) is 2.50. The number of nitrogens with zero attached hydrogens (tertiary/aromatic N) is 1. The van der Waals surface area contributed by atoms with Gasteiger partial charge in [-0.1, -0.05) is 39.7 Å². The number of halogens is 2. The van der Waals surface area contributed by atoms with Crippen molar-refractivity contribution in [3.63, 3.8) is 0 Å². The topological polar surface area (TPSA) is 42.0 Å². The predicted molar refractivity (Wildman–Crippen MR) is 89.8 cm³/mol. The van der Waals surface area contributed by atoms with Crippen LogP contribution in [0.3, 0.4) is 0 Å². The van der Waals surface area contributed by atoms with Crippen LogP contribution in [0.2, 0.25) is 5.02 Å². The molecule has 1 heterocycles. The first kappa shape index (κ1) is 16.0. The molecule has 0 aliphatic carbocycles. The van der Waals surface area contributed by atoms with Crippen molar-refractivity contribution in [1.82, 2.24) is 4.98 Å². The van der Waals surface area contributed by atoms with Crippen LogP contribution in [0.25, 0.3) is 0 Å². The Bertz CT molecular complexity index is 601. The highest BCUT2D eigenvalue weighted by Crippen LogP contribution is 2.14. The fraction of sp³-hybridized carbons (Fsp3) is 0.250. The van der Waals surface area contributed by atoms with E-state index in [2.05, 4.69) is 38.4 Å². The number of ketones is 1. The largest absolute Gasteiger partial charge is 0.363 e. The predicted octanol–water partition coefficient (Wildman–Crippen LogP) is 4.50. The number of aromatic nitrogens is 1. The fourth-order valence-electron chi connectivity index (χ4n) is 1.94. The minimum atomic E-state index is 0.182. The van der Waals surface area contributed by atoms with Crippen molar-refractivity contribution in [3.8, 4) is 0 Å². The average Bonchev–Trinajstić information content (AvgIpc) is 2.47. The summed E-state index contributed by atoms with van der Waals surface area (Å²) in [7, 11) is 0. The lowest BCUT2D eigenvalue weighted by Gasteiger charge is -2.05. The quantitative estimate of drug-likeness (QED) is 0.783. The molecule has 0 saturated heterocycles. The number of hydrogen-bond acceptors (Lipinski definition) is 3. The number of carbonyl (C=O) groups excluding carboxylic acids is 1. The molecule has 1 aromatic heterocycles. The SMILES string of the molecule is O=C(CCCc1cccc(Br)c1)CNc1ccc(Cl)cn1. The minimum Gasteiger partial charge on any atom is -0.363 e. The van der Waals surface area contributed by atoms with Gasteiger partial charge in [-0.25, -0.2) is 4.98 Å². The molecule has 0 amide bonds. The van der Waals surface area contributed by atoms with E-state index in [1.54, 1.807) is 18.3 Å². The molecule has 2 rings (SSSR count). The van der Waals surface area contributed by atoms with Gasteiger partial charge in [-0.05, 0) is 42.7 Å². The van der Waals surface area contributed by atoms with E-state index in [4.69, 9.17) is 11.6 Å². The van der Waals surface area contributed by atoms with Gasteiger partial charge in [0.25, 0.3) is 0 Å². The summed E-state index contributed by atoms with van der Waals surface area (Å²) >= 11 is 9.20. The lowest BCUT2D eigenvalue weighted by atomic mass is 10.1. The van der Waals surface area contributed by atoms with Crippen LogP contribution in [0, 0.1) is 0 Å². The highest BCUT2D eigenvalue weighted by atomic mass is 79.9. The average molecular weight is 368 g/mol. The zero-order chi connectivity index (χ0) is 15.1. The molecule has 1 N–H and O–H groups in total. The molecule has 0 radical (unpaired) electrons. The van der Waals surface area contributed by atoms with E-state index in [0.29, 0.717) is 23.8 Å². The van der Waals surface area contributed by atoms with E-state index in [0.717, 1.165) is 17.3 Å². The number of benzene rings is 1. The summed E-state index contributed by atoms with van der Waals surface area (Å²) in [6, 6.07) is 11.7. The molecule has 2 aromatic rings. The molecule has 0 aliphatic heterocycles. The Labute approximate surface area is 137 Å². The Morgan fingerprint density at radius 2 is 2.14 bits per heavy atom. The first-order valence-electron chi connectivity index (χ1n) is 6.75. The van der Waals surface area contributed by atoms with Gasteiger partial charge in [-0.2, -0.15) is 0 Å². The van der Waals surface area contributed by atoms with Crippen molar-refractivity contribution < 1.29 is 4.79 Å². The second kappa shape index (κ2) is 8.15. The highest BCUT2D eigenvalue weighted by Gasteiger charge is 2.03. The Morgan fingerprint density at radius 1 is 1.29 bits per heavy atom. The number of nitrogens with one attached hydrogen (secondary N) is 1. The maximum atomic E-state index is 11.8. The highest BCUT2D eigenvalue weighted by molar-refractivity contribution is 9.10. The number of rotatable bonds is 7. The lowest BCUT2D eigenvalue weighted by Crippen LogP contribution is -2.14. The van der Waals surface area contributed by atoms with Crippen molar-refractivity contribution in [3.05, 3.63) is 57.7 Å². The first-order valence-corrected chi connectivity index (χ1v) is 7.92. The molecular weight excluding hydrogens is 352 g/mol. The molecular formula is C16H16BrClN2O. The van der Waals surface area contributed by atoms with Crippen molar-refractivity contribution in [2.75, 3.05) is 11.9 Å². The molecule has 0 atom stereocenters. The van der Waals surface area contributed by atoms with E-state index in [9.17, 15) is 4.79 Å². The summed E-state index contributed by atoms with van der Waals surface area (Å²) in [5, 5.41) is 3.59. The number of pyridine rings is 1. The van der Waals surface area contributed by atoms with E-state index in [-0.39, 0.29) is 5.78 Å². The second-order valence-corrected chi connectivity index (χ2v) is 6.09. The van der Waals surface area contributed by atoms with Crippen LogP contribution in [0.15, 0.2) is 47.1 Å². The molecule has 1 aromatic carbocycles. The molecule has 3 nitrogen and oxygen atoms in total. The van der Waals surface area contributed by atoms with Gasteiger partial charge in [0, 0.05) is 17.1 Å². The summed E-state index contributed by atoms with van der Waals surface area (Å²) in [5.41, 5.74) is 1.24. The van der Waals surface area contributed by atoms with Crippen molar-refractivity contribution in [2.45, 2.75) is 19.3 Å². The van der Waals surface area contributed by atoms with Crippen LogP contribution in [0.5, 0.6) is 0 Å². The van der Waals surface area contributed by atoms with Crippen LogP contribution in [0.1, 0.15) is 18.4 Å². The third-order valence-electron chi connectivity index (χ3n) is 3.00. The standard InChI is InChI=1S/C16H16BrClN2O/c17-13-5-1-3-12(9-13)4-2-6-15(21)11-20-16-8-7-14(18)10-19-16/h1,3,5,7-10H,2,4,6,11H2,(H,19,20). The molecule has 110 valence electrons. The number of carbonyl (C=O) groups is 1. The summed E-state index contributed by atoms with van der Waals surface area (Å²) in [5.74, 6) is 0.849. The van der Waals surface area contributed by atoms with E-state index in [1.165, 1.54) is 5.56 Å². The maximum Gasteiger partial charge on any atom is 0.151 e. The Balaban J connectivity index is 1.69. The van der Waals surface area contributed by atoms with E-state index in [1.807, 2.05) is 12.1 Å². The number of Topliss-reactive ketones (excluding diaryl/α,β-unsaturated/α-hetero) is 1. The number of hydrogen-bond donors (Lipinski definition) is 1. The van der Waals surface area contributed by atoms with Gasteiger partial charge in [-0.15, -0.1) is 0 Å². The second-order valence-electron chi connectivity index (χ2n) is 4.74. The Morgan fingerprint density at radius 3 is 2.86 bits per heavy atom. The summed E-state index contributed by atoms with van der Waals surface area (Å²) < 4.78 is 1.07. The molecule has 21 heavy (non-hydrogen) atoms. The van der Waals surface area contributed by atoms with Gasteiger partial charge in [0.1, 0.15) is 5.82 Å². The van der Waals surface area contributed by atoms with E-state index >= 15 is 0 Å². The van der Waals surface area contributed by atoms with Gasteiger partial charge < -0.3 is 5.32 Å². The molecule has 0 saturated carbocycles. The van der Waals surface area contributed by atoms with Crippen molar-refractivity contribution in [2.24, 2.45) is 0 Å². The third-order valence-corrected chi connectivity index (χ3v) is 3.72. The Kier molecular flexibility index (Phi) is 6.21. The molecule has 0 unspecified atom stereocenters. The third kappa shape index (κ3) is 5.86. The summed E-state index contributed by atoms with van der Waals surface area (Å²) in [6.45, 7) is 0.299. The van der Waals surface area contributed by atoms with Gasteiger partial charge in [0.2, 0.25) is 0 Å². The zero-order valence-corrected chi connectivity index (χ0v) is 13.8. The minimum absolute atomic E-state index is 0.182. The molecule has 0 spiro atoms. The molecule has 0 bridgehead atoms. The van der Waals surface area contributed by atoms with Crippen LogP contribution in [-0.2, 0) is 11.2 Å². The van der Waals surface area contributed by atoms with Crippen LogP contribution < -0.4 is 5.32 Å². The first-order chi connectivity index (χ1) is 10.1. The monoisotopic (exact) mass is 366 g/mol. The molecule has 0 aliphatic rings. The van der Waals surface area contributed by atoms with Crippen LogP contribution in [0.4, 0.5) is 5.82 Å². The Hall–Kier alpha value is -1.39. The summed E-state index contributed by atoms with van der Waals surface area (Å²) in [4.78, 5) is 15.9. The van der Waals surface area contributed by atoms with Crippen molar-refractivity contribution in [1.29, 1.82) is 0 Å². The maximum absolute atomic E-state index is 11.8. The van der Waals surface area contributed by atoms with Gasteiger partial charge in [0.05, 0.1) is 11.6 Å². The van der Waals surface area contributed by atoms with Crippen molar-refractivity contribution >= 4 is 39.1 Å². The zero-order valence-electron chi connectivity index (χ0n) is 11.5. The molecule has 0 fully saturated rings. The lowest BCUT2D eigenvalue weighted by molar-refractivity contribution is -0.117. The smallest absolute Gasteiger partial charge is 0.151 e. The van der Waals surface area contributed by atoms with Crippen LogP contribution in [-0.4, -0.2) is 17.3 Å². The normalized spacial score (nSPS) is 10.4. The summed E-state index contributed by atoms with van der Waals surface area (Å²) in [6.07, 6.45) is 3.88. The number of anilines is 1.